The van der Waals surface area contributed by atoms with Crippen LogP contribution < -0.4 is 4.74 Å². The summed E-state index contributed by atoms with van der Waals surface area (Å²) in [7, 11) is 0. The smallest absolute Gasteiger partial charge is 0.132 e. The number of hydrogen-bond acceptors (Lipinski definition) is 2. The van der Waals surface area contributed by atoms with Gasteiger partial charge in [0.1, 0.15) is 18.1 Å². The van der Waals surface area contributed by atoms with Gasteiger partial charge >= 0.3 is 0 Å². The van der Waals surface area contributed by atoms with Crippen LogP contribution in [0.3, 0.4) is 0 Å². The normalized spacial score (nSPS) is 10.6. The zero-order chi connectivity index (χ0) is 16.9. The molecule has 0 spiro atoms. The summed E-state index contributed by atoms with van der Waals surface area (Å²) in [4.78, 5) is 0. The minimum Gasteiger partial charge on any atom is -0.487 e. The SMILES string of the molecule is c1ccc(-c2cccc(OCc3cc(-c4ccccc4)[nH]n3)c2)cc1. The molecule has 1 heterocycles. The van der Waals surface area contributed by atoms with Gasteiger partial charge in [0.2, 0.25) is 0 Å². The van der Waals surface area contributed by atoms with Crippen LogP contribution in [0.2, 0.25) is 0 Å². The maximum Gasteiger partial charge on any atom is 0.132 e. The Morgan fingerprint density at radius 2 is 1.36 bits per heavy atom. The molecule has 0 radical (unpaired) electrons. The largest absolute Gasteiger partial charge is 0.487 e. The van der Waals surface area contributed by atoms with Gasteiger partial charge in [-0.3, -0.25) is 5.10 Å². The summed E-state index contributed by atoms with van der Waals surface area (Å²) in [5, 5.41) is 7.40. The standard InChI is InChI=1S/C22H18N2O/c1-3-8-17(9-4-1)19-12-7-13-21(14-19)25-16-20-15-22(24-23-20)18-10-5-2-6-11-18/h1-15H,16H2,(H,23,24). The molecule has 1 aromatic heterocycles. The van der Waals surface area contributed by atoms with Crippen LogP contribution in [0.25, 0.3) is 22.4 Å². The van der Waals surface area contributed by atoms with E-state index in [4.69, 9.17) is 4.74 Å². The molecule has 0 saturated carbocycles. The second kappa shape index (κ2) is 7.05. The molecule has 0 unspecified atom stereocenters. The van der Waals surface area contributed by atoms with Crippen molar-refractivity contribution in [1.82, 2.24) is 10.2 Å². The Morgan fingerprint density at radius 3 is 2.12 bits per heavy atom. The molecule has 0 aliphatic carbocycles. The second-order valence-electron chi connectivity index (χ2n) is 5.82. The minimum absolute atomic E-state index is 0.432. The average molecular weight is 326 g/mol. The first kappa shape index (κ1) is 15.2. The second-order valence-corrected chi connectivity index (χ2v) is 5.82. The predicted molar refractivity (Wildman–Crippen MR) is 100 cm³/mol. The Balaban J connectivity index is 1.46. The van der Waals surface area contributed by atoms with Crippen LogP contribution in [0, 0.1) is 0 Å². The van der Waals surface area contributed by atoms with Crippen molar-refractivity contribution in [3.63, 3.8) is 0 Å². The molecule has 1 N–H and O–H groups in total. The lowest BCUT2D eigenvalue weighted by Crippen LogP contribution is -1.95. The quantitative estimate of drug-likeness (QED) is 0.539. The zero-order valence-electron chi connectivity index (χ0n) is 13.7. The maximum absolute atomic E-state index is 5.92. The molecule has 0 amide bonds. The Bertz CT molecular complexity index is 946. The van der Waals surface area contributed by atoms with Crippen LogP contribution in [-0.4, -0.2) is 10.2 Å². The molecule has 0 bridgehead atoms. The molecule has 4 aromatic rings. The van der Waals surface area contributed by atoms with Crippen molar-refractivity contribution in [2.45, 2.75) is 6.61 Å². The predicted octanol–water partition coefficient (Wildman–Crippen LogP) is 5.32. The zero-order valence-corrected chi connectivity index (χ0v) is 13.7. The van der Waals surface area contributed by atoms with Gasteiger partial charge in [-0.25, -0.2) is 0 Å². The van der Waals surface area contributed by atoms with Crippen molar-refractivity contribution in [3.8, 4) is 28.1 Å². The van der Waals surface area contributed by atoms with E-state index in [0.29, 0.717) is 6.61 Å². The minimum atomic E-state index is 0.432. The summed E-state index contributed by atoms with van der Waals surface area (Å²) in [5.74, 6) is 0.839. The molecule has 4 rings (SSSR count). The Hall–Kier alpha value is -3.33. The number of benzene rings is 3. The van der Waals surface area contributed by atoms with Crippen LogP contribution >= 0.6 is 0 Å². The van der Waals surface area contributed by atoms with Crippen molar-refractivity contribution in [3.05, 3.63) is 96.7 Å². The summed E-state index contributed by atoms with van der Waals surface area (Å²) >= 11 is 0. The molecule has 0 fully saturated rings. The highest BCUT2D eigenvalue weighted by atomic mass is 16.5. The van der Waals surface area contributed by atoms with Crippen LogP contribution in [-0.2, 0) is 6.61 Å². The Morgan fingerprint density at radius 1 is 0.680 bits per heavy atom. The van der Waals surface area contributed by atoms with Gasteiger partial charge in [0.15, 0.2) is 0 Å². The van der Waals surface area contributed by atoms with Gasteiger partial charge < -0.3 is 4.74 Å². The lowest BCUT2D eigenvalue weighted by molar-refractivity contribution is 0.301. The van der Waals surface area contributed by atoms with Gasteiger partial charge in [-0.15, -0.1) is 0 Å². The maximum atomic E-state index is 5.92. The first-order valence-electron chi connectivity index (χ1n) is 8.26. The molecule has 3 aromatic carbocycles. The molecular formula is C22H18N2O. The molecule has 122 valence electrons. The Kier molecular flexibility index (Phi) is 4.29. The van der Waals surface area contributed by atoms with E-state index in [1.54, 1.807) is 0 Å². The average Bonchev–Trinajstić information content (AvgIpc) is 3.17. The first-order chi connectivity index (χ1) is 12.4. The monoisotopic (exact) mass is 326 g/mol. The van der Waals surface area contributed by atoms with Crippen molar-refractivity contribution in [2.75, 3.05) is 0 Å². The van der Waals surface area contributed by atoms with Crippen LogP contribution in [0.15, 0.2) is 91.0 Å². The van der Waals surface area contributed by atoms with E-state index in [-0.39, 0.29) is 0 Å². The number of ether oxygens (including phenoxy) is 1. The first-order valence-corrected chi connectivity index (χ1v) is 8.26. The van der Waals surface area contributed by atoms with Gasteiger partial charge in [0, 0.05) is 0 Å². The number of aromatic nitrogens is 2. The molecule has 3 nitrogen and oxygen atoms in total. The molecular weight excluding hydrogens is 308 g/mol. The van der Waals surface area contributed by atoms with E-state index in [1.165, 1.54) is 5.56 Å². The van der Waals surface area contributed by atoms with Crippen LogP contribution in [0.5, 0.6) is 5.75 Å². The van der Waals surface area contributed by atoms with E-state index in [1.807, 2.05) is 54.6 Å². The fraction of sp³-hybridized carbons (Fsp3) is 0.0455. The van der Waals surface area contributed by atoms with E-state index in [9.17, 15) is 0 Å². The molecule has 0 aliphatic rings. The van der Waals surface area contributed by atoms with Crippen LogP contribution in [0.1, 0.15) is 5.69 Å². The van der Waals surface area contributed by atoms with Gasteiger partial charge in [-0.2, -0.15) is 5.10 Å². The van der Waals surface area contributed by atoms with E-state index in [0.717, 1.165) is 28.3 Å². The van der Waals surface area contributed by atoms with Gasteiger partial charge in [-0.05, 0) is 34.9 Å². The number of nitrogens with one attached hydrogen (secondary N) is 1. The third-order valence-corrected chi connectivity index (χ3v) is 4.04. The number of rotatable bonds is 5. The third-order valence-electron chi connectivity index (χ3n) is 4.04. The fourth-order valence-electron chi connectivity index (χ4n) is 2.76. The fourth-order valence-corrected chi connectivity index (χ4v) is 2.76. The third kappa shape index (κ3) is 3.61. The number of aromatic amines is 1. The number of H-pyrrole nitrogens is 1. The number of nitrogens with zero attached hydrogens (tertiary/aromatic N) is 1. The van der Waals surface area contributed by atoms with Crippen molar-refractivity contribution < 1.29 is 4.74 Å². The van der Waals surface area contributed by atoms with Crippen molar-refractivity contribution in [2.24, 2.45) is 0 Å². The van der Waals surface area contributed by atoms with Gasteiger partial charge in [-0.1, -0.05) is 72.8 Å². The van der Waals surface area contributed by atoms with E-state index < -0.39 is 0 Å². The molecule has 0 atom stereocenters. The molecule has 0 aliphatic heterocycles. The molecule has 3 heteroatoms. The van der Waals surface area contributed by atoms with Crippen LogP contribution in [0.4, 0.5) is 0 Å². The summed E-state index contributed by atoms with van der Waals surface area (Å²) < 4.78 is 5.92. The van der Waals surface area contributed by atoms with Gasteiger partial charge in [0.25, 0.3) is 0 Å². The lowest BCUT2D eigenvalue weighted by atomic mass is 10.1. The van der Waals surface area contributed by atoms with Gasteiger partial charge in [0.05, 0.1) is 5.69 Å². The highest BCUT2D eigenvalue weighted by Gasteiger charge is 2.05. The lowest BCUT2D eigenvalue weighted by Gasteiger charge is -2.07. The number of hydrogen-bond donors (Lipinski definition) is 1. The highest BCUT2D eigenvalue weighted by molar-refractivity contribution is 5.64. The Labute approximate surface area is 146 Å². The van der Waals surface area contributed by atoms with E-state index in [2.05, 4.69) is 46.6 Å². The summed E-state index contributed by atoms with van der Waals surface area (Å²) in [6.45, 7) is 0.432. The van der Waals surface area contributed by atoms with Crippen molar-refractivity contribution in [1.29, 1.82) is 0 Å². The van der Waals surface area contributed by atoms with Crippen molar-refractivity contribution >= 4 is 0 Å². The summed E-state index contributed by atoms with van der Waals surface area (Å²) in [6.07, 6.45) is 0. The summed E-state index contributed by atoms with van der Waals surface area (Å²) in [6, 6.07) is 30.6. The summed E-state index contributed by atoms with van der Waals surface area (Å²) in [5.41, 5.74) is 5.32. The van der Waals surface area contributed by atoms with E-state index >= 15 is 0 Å². The topological polar surface area (TPSA) is 37.9 Å². The highest BCUT2D eigenvalue weighted by Crippen LogP contribution is 2.24. The molecule has 25 heavy (non-hydrogen) atoms. The molecule has 0 saturated heterocycles.